The summed E-state index contributed by atoms with van der Waals surface area (Å²) in [5.74, 6) is -1.35. The van der Waals surface area contributed by atoms with Gasteiger partial charge in [-0.05, 0) is 47.9 Å². The second kappa shape index (κ2) is 10.9. The molecule has 0 saturated heterocycles. The highest BCUT2D eigenvalue weighted by Gasteiger charge is 2.36. The third-order valence-electron chi connectivity index (χ3n) is 7.39. The Morgan fingerprint density at radius 3 is 2.17 bits per heavy atom. The maximum atomic E-state index is 12.9. The highest BCUT2D eigenvalue weighted by atomic mass is 16.5. The number of nitrogens with one attached hydrogen (secondary N) is 2. The lowest BCUT2D eigenvalue weighted by molar-refractivity contribution is -0.141. The van der Waals surface area contributed by atoms with E-state index in [9.17, 15) is 19.5 Å². The molecule has 3 N–H and O–H groups in total. The van der Waals surface area contributed by atoms with E-state index in [2.05, 4.69) is 34.9 Å². The number of carbonyl (C=O) groups is 3. The molecule has 0 radical (unpaired) electrons. The zero-order valence-corrected chi connectivity index (χ0v) is 20.2. The van der Waals surface area contributed by atoms with Crippen molar-refractivity contribution in [2.24, 2.45) is 0 Å². The summed E-state index contributed by atoms with van der Waals surface area (Å²) >= 11 is 0. The predicted molar refractivity (Wildman–Crippen MR) is 133 cm³/mol. The van der Waals surface area contributed by atoms with Gasteiger partial charge in [-0.2, -0.15) is 0 Å². The SMILES string of the molecule is CC[C@@H](NC(=O)CCC1(NC(=O)OCC2c3ccccc3-c3ccccc32)CCCCC1)C(=O)O. The number of aliphatic carboxylic acids is 1. The van der Waals surface area contributed by atoms with Crippen LogP contribution in [-0.4, -0.2) is 41.3 Å². The lowest BCUT2D eigenvalue weighted by atomic mass is 9.78. The van der Waals surface area contributed by atoms with Crippen LogP contribution in [0.5, 0.6) is 0 Å². The molecule has 1 atom stereocenters. The molecule has 7 nitrogen and oxygen atoms in total. The molecule has 0 heterocycles. The van der Waals surface area contributed by atoms with Crippen LogP contribution in [0.4, 0.5) is 4.79 Å². The number of hydrogen-bond acceptors (Lipinski definition) is 4. The molecular formula is C28H34N2O5. The van der Waals surface area contributed by atoms with Gasteiger partial charge in [0.2, 0.25) is 5.91 Å². The summed E-state index contributed by atoms with van der Waals surface area (Å²) in [5, 5.41) is 14.9. The third-order valence-corrected chi connectivity index (χ3v) is 7.39. The van der Waals surface area contributed by atoms with Gasteiger partial charge in [0.15, 0.2) is 0 Å². The molecule has 0 aliphatic heterocycles. The Labute approximate surface area is 206 Å². The minimum absolute atomic E-state index is 0.0109. The Morgan fingerprint density at radius 1 is 1.00 bits per heavy atom. The van der Waals surface area contributed by atoms with Gasteiger partial charge in [0.25, 0.3) is 0 Å². The van der Waals surface area contributed by atoms with Crippen molar-refractivity contribution in [2.45, 2.75) is 75.8 Å². The Kier molecular flexibility index (Phi) is 7.73. The molecule has 2 aromatic carbocycles. The molecule has 186 valence electrons. The smallest absolute Gasteiger partial charge is 0.407 e. The third kappa shape index (κ3) is 5.66. The van der Waals surface area contributed by atoms with Gasteiger partial charge in [-0.1, -0.05) is 74.7 Å². The fraction of sp³-hybridized carbons (Fsp3) is 0.464. The zero-order chi connectivity index (χ0) is 24.8. The van der Waals surface area contributed by atoms with Gasteiger partial charge in [-0.25, -0.2) is 9.59 Å². The van der Waals surface area contributed by atoms with Gasteiger partial charge >= 0.3 is 12.1 Å². The van der Waals surface area contributed by atoms with Crippen LogP contribution in [-0.2, 0) is 14.3 Å². The van der Waals surface area contributed by atoms with Crippen molar-refractivity contribution in [3.8, 4) is 11.1 Å². The molecule has 0 aromatic heterocycles. The van der Waals surface area contributed by atoms with Crippen LogP contribution in [0.25, 0.3) is 11.1 Å². The fourth-order valence-corrected chi connectivity index (χ4v) is 5.47. The first kappa shape index (κ1) is 24.8. The molecular weight excluding hydrogens is 444 g/mol. The van der Waals surface area contributed by atoms with Crippen molar-refractivity contribution in [2.75, 3.05) is 6.61 Å². The zero-order valence-electron chi connectivity index (χ0n) is 20.2. The second-order valence-electron chi connectivity index (χ2n) is 9.66. The first-order valence-corrected chi connectivity index (χ1v) is 12.6. The average Bonchev–Trinajstić information content (AvgIpc) is 3.19. The Hall–Kier alpha value is -3.35. The van der Waals surface area contributed by atoms with Crippen LogP contribution >= 0.6 is 0 Å². The first-order valence-electron chi connectivity index (χ1n) is 12.6. The molecule has 2 aromatic rings. The van der Waals surface area contributed by atoms with Gasteiger partial charge in [-0.3, -0.25) is 4.79 Å². The van der Waals surface area contributed by atoms with E-state index in [4.69, 9.17) is 4.74 Å². The summed E-state index contributed by atoms with van der Waals surface area (Å²) in [6.07, 6.45) is 5.07. The number of carbonyl (C=O) groups excluding carboxylic acids is 2. The van der Waals surface area contributed by atoms with Gasteiger partial charge in [-0.15, -0.1) is 0 Å². The van der Waals surface area contributed by atoms with Gasteiger partial charge < -0.3 is 20.5 Å². The number of benzene rings is 2. The summed E-state index contributed by atoms with van der Waals surface area (Å²) in [4.78, 5) is 36.6. The average molecular weight is 479 g/mol. The number of carboxylic acids is 1. The molecule has 2 aliphatic carbocycles. The normalized spacial score (nSPS) is 17.1. The molecule has 1 fully saturated rings. The number of carboxylic acid groups (broad SMARTS) is 1. The largest absolute Gasteiger partial charge is 0.480 e. The molecule has 4 rings (SSSR count). The van der Waals surface area contributed by atoms with Crippen molar-refractivity contribution in [3.05, 3.63) is 59.7 Å². The summed E-state index contributed by atoms with van der Waals surface area (Å²) in [6.45, 7) is 1.97. The second-order valence-corrected chi connectivity index (χ2v) is 9.66. The van der Waals surface area contributed by atoms with E-state index in [1.165, 1.54) is 11.1 Å². The van der Waals surface area contributed by atoms with Crippen molar-refractivity contribution in [1.29, 1.82) is 0 Å². The van der Waals surface area contributed by atoms with E-state index in [0.29, 0.717) is 12.8 Å². The topological polar surface area (TPSA) is 105 Å². The van der Waals surface area contributed by atoms with Crippen LogP contribution in [0.15, 0.2) is 48.5 Å². The molecule has 0 spiro atoms. The number of rotatable bonds is 9. The minimum atomic E-state index is -1.04. The highest BCUT2D eigenvalue weighted by molar-refractivity contribution is 5.83. The molecule has 0 unspecified atom stereocenters. The molecule has 7 heteroatoms. The standard InChI is InChI=1S/C28H34N2O5/c1-2-24(26(32)33)29-25(31)14-17-28(15-8-3-9-16-28)30-27(34)35-18-23-21-12-6-4-10-19(21)20-11-5-7-13-22(20)23/h4-7,10-13,23-24H,2-3,8-9,14-18H2,1H3,(H,29,31)(H,30,34)(H,32,33)/t24-/m1/s1. The number of ether oxygens (including phenoxy) is 1. The van der Waals surface area contributed by atoms with Crippen LogP contribution in [0.1, 0.15) is 75.3 Å². The minimum Gasteiger partial charge on any atom is -0.480 e. The summed E-state index contributed by atoms with van der Waals surface area (Å²) < 4.78 is 5.76. The summed E-state index contributed by atoms with van der Waals surface area (Å²) in [7, 11) is 0. The predicted octanol–water partition coefficient (Wildman–Crippen LogP) is 4.99. The molecule has 0 bridgehead atoms. The molecule has 35 heavy (non-hydrogen) atoms. The monoisotopic (exact) mass is 478 g/mol. The van der Waals surface area contributed by atoms with E-state index in [1.807, 2.05) is 24.3 Å². The van der Waals surface area contributed by atoms with Gasteiger partial charge in [0.1, 0.15) is 12.6 Å². The maximum Gasteiger partial charge on any atom is 0.407 e. The van der Waals surface area contributed by atoms with Gasteiger partial charge in [0, 0.05) is 17.9 Å². The Bertz CT molecular complexity index is 1030. The maximum absolute atomic E-state index is 12.9. The quantitative estimate of drug-likeness (QED) is 0.471. The van der Waals surface area contributed by atoms with Crippen molar-refractivity contribution < 1.29 is 24.2 Å². The number of alkyl carbamates (subject to hydrolysis) is 1. The van der Waals surface area contributed by atoms with Crippen LogP contribution < -0.4 is 10.6 Å². The van der Waals surface area contributed by atoms with E-state index in [-0.39, 0.29) is 24.9 Å². The van der Waals surface area contributed by atoms with Crippen molar-refractivity contribution >= 4 is 18.0 Å². The lowest BCUT2D eigenvalue weighted by Gasteiger charge is -2.38. The first-order chi connectivity index (χ1) is 16.9. The summed E-state index contributed by atoms with van der Waals surface area (Å²) in [5.41, 5.74) is 4.17. The van der Waals surface area contributed by atoms with Crippen LogP contribution in [0.3, 0.4) is 0 Å². The lowest BCUT2D eigenvalue weighted by Crippen LogP contribution is -2.51. The van der Waals surface area contributed by atoms with E-state index in [1.54, 1.807) is 6.92 Å². The van der Waals surface area contributed by atoms with Crippen LogP contribution in [0.2, 0.25) is 0 Å². The highest BCUT2D eigenvalue weighted by Crippen LogP contribution is 2.44. The van der Waals surface area contributed by atoms with E-state index in [0.717, 1.165) is 43.2 Å². The number of fused-ring (bicyclic) bond motifs is 3. The fourth-order valence-electron chi connectivity index (χ4n) is 5.47. The Balaban J connectivity index is 1.38. The number of amides is 2. The summed E-state index contributed by atoms with van der Waals surface area (Å²) in [6, 6.07) is 15.5. The van der Waals surface area contributed by atoms with E-state index < -0.39 is 23.6 Å². The van der Waals surface area contributed by atoms with Crippen LogP contribution in [0, 0.1) is 0 Å². The molecule has 2 amide bonds. The van der Waals surface area contributed by atoms with Crippen molar-refractivity contribution in [3.63, 3.8) is 0 Å². The molecule has 1 saturated carbocycles. The van der Waals surface area contributed by atoms with Gasteiger partial charge in [0.05, 0.1) is 0 Å². The Morgan fingerprint density at radius 2 is 1.60 bits per heavy atom. The van der Waals surface area contributed by atoms with Crippen molar-refractivity contribution in [1.82, 2.24) is 10.6 Å². The number of hydrogen-bond donors (Lipinski definition) is 3. The molecule has 2 aliphatic rings. The van der Waals surface area contributed by atoms with E-state index >= 15 is 0 Å².